The average Bonchev–Trinajstić information content (AvgIpc) is 2.88. The molecule has 0 fully saturated rings. The zero-order chi connectivity index (χ0) is 26.1. The third-order valence-corrected chi connectivity index (χ3v) is 10.6. The summed E-state index contributed by atoms with van der Waals surface area (Å²) in [6.07, 6.45) is 1.90. The van der Waals surface area contributed by atoms with Crippen LogP contribution in [0.15, 0.2) is 72.8 Å². The molecule has 3 aromatic carbocycles. The van der Waals surface area contributed by atoms with Crippen LogP contribution in [0.5, 0.6) is 0 Å². The lowest BCUT2D eigenvalue weighted by atomic mass is 9.97. The second kappa shape index (κ2) is 13.7. The summed E-state index contributed by atoms with van der Waals surface area (Å²) in [5.41, 5.74) is 5.93. The van der Waals surface area contributed by atoms with E-state index in [0.717, 1.165) is 40.1 Å². The van der Waals surface area contributed by atoms with Crippen molar-refractivity contribution in [1.29, 1.82) is 0 Å². The van der Waals surface area contributed by atoms with Crippen molar-refractivity contribution in [2.24, 2.45) is 0 Å². The summed E-state index contributed by atoms with van der Waals surface area (Å²) in [6, 6.07) is 25.0. The van der Waals surface area contributed by atoms with E-state index in [1.165, 1.54) is 5.56 Å². The number of aryl methyl sites for hydroxylation is 2. The maximum absolute atomic E-state index is 14.0. The summed E-state index contributed by atoms with van der Waals surface area (Å²) < 4.78 is 32.3. The van der Waals surface area contributed by atoms with Gasteiger partial charge in [0.25, 0.3) is 0 Å². The van der Waals surface area contributed by atoms with Crippen LogP contribution >= 0.6 is 15.7 Å². The largest absolute Gasteiger partial charge is 0.347 e. The van der Waals surface area contributed by atoms with Crippen LogP contribution in [0.2, 0.25) is 0 Å². The molecule has 2 unspecified atom stereocenters. The molecule has 0 saturated heterocycles. The van der Waals surface area contributed by atoms with E-state index in [-0.39, 0.29) is 6.10 Å². The minimum atomic E-state index is -3.45. The van der Waals surface area contributed by atoms with E-state index in [2.05, 4.69) is 69.3 Å². The fraction of sp³-hybridized carbons (Fsp3) is 0.400. The predicted molar refractivity (Wildman–Crippen MR) is 152 cm³/mol. The van der Waals surface area contributed by atoms with Crippen LogP contribution in [0, 0.1) is 13.8 Å². The summed E-state index contributed by atoms with van der Waals surface area (Å²) in [5, 5.41) is 0. The van der Waals surface area contributed by atoms with Gasteiger partial charge in [-0.1, -0.05) is 97.8 Å². The normalized spacial score (nSPS) is 13.6. The molecule has 0 bridgehead atoms. The Morgan fingerprint density at radius 2 is 1.00 bits per heavy atom. The Morgan fingerprint density at radius 3 is 1.39 bits per heavy atom. The van der Waals surface area contributed by atoms with Crippen LogP contribution in [0.3, 0.4) is 0 Å². The Kier molecular flexibility index (Phi) is 10.9. The molecule has 0 aliphatic heterocycles. The molecular weight excluding hydrogens is 486 g/mol. The van der Waals surface area contributed by atoms with Gasteiger partial charge in [-0.25, -0.2) is 0 Å². The zero-order valence-corrected chi connectivity index (χ0v) is 24.2. The van der Waals surface area contributed by atoms with E-state index in [1.54, 1.807) is 0 Å². The molecule has 0 saturated carbocycles. The highest BCUT2D eigenvalue weighted by Crippen LogP contribution is 2.63. The molecule has 4 nitrogen and oxygen atoms in total. The van der Waals surface area contributed by atoms with Gasteiger partial charge in [0.1, 0.15) is 11.8 Å². The van der Waals surface area contributed by atoms with Crippen molar-refractivity contribution in [3.05, 3.63) is 106 Å². The molecule has 2 atom stereocenters. The van der Waals surface area contributed by atoms with Gasteiger partial charge in [0.2, 0.25) is 0 Å². The lowest BCUT2D eigenvalue weighted by Crippen LogP contribution is -2.10. The minimum Gasteiger partial charge on any atom is -0.347 e. The van der Waals surface area contributed by atoms with Crippen LogP contribution in [-0.4, -0.2) is 25.5 Å². The topological polar surface area (TPSA) is 44.8 Å². The highest BCUT2D eigenvalue weighted by atomic mass is 31.2. The monoisotopic (exact) mass is 526 g/mol. The second-order valence-corrected chi connectivity index (χ2v) is 13.4. The van der Waals surface area contributed by atoms with E-state index in [0.29, 0.717) is 13.2 Å². The Hall–Kier alpha value is -1.80. The average molecular weight is 527 g/mol. The summed E-state index contributed by atoms with van der Waals surface area (Å²) in [6.45, 7) is 12.9. The summed E-state index contributed by atoms with van der Waals surface area (Å²) in [4.78, 5) is 0. The Morgan fingerprint density at radius 1 is 0.639 bits per heavy atom. The molecule has 0 aliphatic rings. The van der Waals surface area contributed by atoms with Crippen LogP contribution in [-0.2, 0) is 18.1 Å². The lowest BCUT2D eigenvalue weighted by molar-refractivity contribution is 0.215. The summed E-state index contributed by atoms with van der Waals surface area (Å²) in [5.74, 6) is 0. The second-order valence-electron chi connectivity index (χ2n) is 8.87. The first kappa shape index (κ1) is 28.8. The van der Waals surface area contributed by atoms with Crippen molar-refractivity contribution in [3.8, 4) is 0 Å². The number of rotatable bonds is 13. The van der Waals surface area contributed by atoms with E-state index < -0.39 is 21.4 Å². The van der Waals surface area contributed by atoms with Gasteiger partial charge < -0.3 is 13.6 Å². The Labute approximate surface area is 218 Å². The molecule has 3 aromatic rings. The van der Waals surface area contributed by atoms with Crippen molar-refractivity contribution < 1.29 is 18.1 Å². The highest BCUT2D eigenvalue weighted by Gasteiger charge is 2.38. The molecule has 0 heterocycles. The maximum Gasteiger partial charge on any atom is 0.342 e. The molecule has 194 valence electrons. The van der Waals surface area contributed by atoms with Gasteiger partial charge in [-0.15, -0.1) is 0 Å². The van der Waals surface area contributed by atoms with Crippen molar-refractivity contribution in [2.45, 2.75) is 53.3 Å². The SMILES string of the molecule is CCOP(=O)(OCC)C(c1ccc(C)cc1)c1ccc(C(OP(CC)CC)c2ccc(C)cc2)cc1. The predicted octanol–water partition coefficient (Wildman–Crippen LogP) is 9.20. The molecule has 0 amide bonds. The first-order valence-corrected chi connectivity index (χ1v) is 16.1. The molecule has 6 heteroatoms. The number of benzene rings is 3. The third-order valence-electron chi connectivity index (χ3n) is 6.22. The van der Waals surface area contributed by atoms with E-state index in [4.69, 9.17) is 13.6 Å². The van der Waals surface area contributed by atoms with Crippen LogP contribution in [0.25, 0.3) is 0 Å². The standard InChI is InChI=1S/C30H40O4P2/c1-7-32-36(31,33-8-2)30(27-17-13-24(6)14-18-27)28-21-19-26(20-22-28)29(34-35(9-3)10-4)25-15-11-23(5)12-16-25/h11-22,29-30H,7-10H2,1-6H3. The summed E-state index contributed by atoms with van der Waals surface area (Å²) >= 11 is 0. The van der Waals surface area contributed by atoms with Crippen LogP contribution < -0.4 is 0 Å². The van der Waals surface area contributed by atoms with Gasteiger partial charge in [0.05, 0.1) is 13.2 Å². The third kappa shape index (κ3) is 7.15. The first-order valence-electron chi connectivity index (χ1n) is 12.9. The Balaban J connectivity index is 2.05. The van der Waals surface area contributed by atoms with Gasteiger partial charge in [-0.3, -0.25) is 4.57 Å². The molecule has 0 aliphatic carbocycles. The van der Waals surface area contributed by atoms with Crippen molar-refractivity contribution in [3.63, 3.8) is 0 Å². The van der Waals surface area contributed by atoms with Crippen LogP contribution in [0.1, 0.15) is 72.8 Å². The molecular formula is C30H40O4P2. The van der Waals surface area contributed by atoms with E-state index >= 15 is 0 Å². The van der Waals surface area contributed by atoms with Gasteiger partial charge >= 0.3 is 7.60 Å². The smallest absolute Gasteiger partial charge is 0.342 e. The minimum absolute atomic E-state index is 0.144. The molecule has 0 aromatic heterocycles. The quantitative estimate of drug-likeness (QED) is 0.208. The van der Waals surface area contributed by atoms with Crippen LogP contribution in [0.4, 0.5) is 0 Å². The Bertz CT molecular complexity index is 1100. The zero-order valence-electron chi connectivity index (χ0n) is 22.4. The fourth-order valence-corrected chi connectivity index (χ4v) is 7.74. The molecule has 3 rings (SSSR count). The first-order chi connectivity index (χ1) is 17.3. The van der Waals surface area contributed by atoms with Gasteiger partial charge in [0, 0.05) is 8.15 Å². The molecule has 0 spiro atoms. The van der Waals surface area contributed by atoms with Crippen molar-refractivity contribution in [1.82, 2.24) is 0 Å². The van der Waals surface area contributed by atoms with Gasteiger partial charge in [-0.2, -0.15) is 0 Å². The van der Waals surface area contributed by atoms with E-state index in [1.807, 2.05) is 45.0 Å². The molecule has 36 heavy (non-hydrogen) atoms. The summed E-state index contributed by atoms with van der Waals surface area (Å²) in [7, 11) is -3.97. The maximum atomic E-state index is 14.0. The molecule has 0 radical (unpaired) electrons. The van der Waals surface area contributed by atoms with Crippen molar-refractivity contribution >= 4 is 15.7 Å². The molecule has 0 N–H and O–H groups in total. The van der Waals surface area contributed by atoms with Gasteiger partial charge in [-0.05, 0) is 62.3 Å². The number of hydrogen-bond acceptors (Lipinski definition) is 4. The van der Waals surface area contributed by atoms with Gasteiger partial charge in [0.15, 0.2) is 0 Å². The fourth-order valence-electron chi connectivity index (χ4n) is 4.28. The van der Waals surface area contributed by atoms with Crippen molar-refractivity contribution in [2.75, 3.05) is 25.5 Å². The van der Waals surface area contributed by atoms with E-state index in [9.17, 15) is 4.57 Å². The highest BCUT2D eigenvalue weighted by molar-refractivity contribution is 7.54. The lowest BCUT2D eigenvalue weighted by Gasteiger charge is -2.28. The number of hydrogen-bond donors (Lipinski definition) is 0.